The van der Waals surface area contributed by atoms with Crippen molar-refractivity contribution in [1.82, 2.24) is 19.7 Å². The highest BCUT2D eigenvalue weighted by atomic mass is 32.1. The van der Waals surface area contributed by atoms with Gasteiger partial charge in [0.2, 0.25) is 0 Å². The minimum Gasteiger partial charge on any atom is -0.327 e. The number of hydrogen-bond acceptors (Lipinski definition) is 6. The number of para-hydroxylation sites is 1. The van der Waals surface area contributed by atoms with Crippen molar-refractivity contribution >= 4 is 45.6 Å². The van der Waals surface area contributed by atoms with Crippen LogP contribution in [0.3, 0.4) is 0 Å². The number of aryl methyl sites for hydroxylation is 1. The standard InChI is InChI=1S/C15H12N6S/c1-21-12-7-3-2-6-11(12)13-14(21)17-15(20-18-13)19-16-9-10-5-4-8-22-10/h2-9H,1H3,(H,17,19,20)/b16-9+. The van der Waals surface area contributed by atoms with Gasteiger partial charge in [0.15, 0.2) is 5.65 Å². The molecule has 7 heteroatoms. The summed E-state index contributed by atoms with van der Waals surface area (Å²) >= 11 is 1.62. The van der Waals surface area contributed by atoms with Gasteiger partial charge in [0.25, 0.3) is 5.95 Å². The van der Waals surface area contributed by atoms with Crippen molar-refractivity contribution in [2.45, 2.75) is 0 Å². The Balaban J connectivity index is 1.71. The van der Waals surface area contributed by atoms with Crippen LogP contribution in [0.1, 0.15) is 4.88 Å². The van der Waals surface area contributed by atoms with Gasteiger partial charge >= 0.3 is 0 Å². The maximum atomic E-state index is 4.50. The first-order valence-electron chi connectivity index (χ1n) is 6.73. The molecular formula is C15H12N6S. The van der Waals surface area contributed by atoms with Crippen LogP contribution >= 0.6 is 11.3 Å². The van der Waals surface area contributed by atoms with Crippen molar-refractivity contribution in [2.24, 2.45) is 12.1 Å². The van der Waals surface area contributed by atoms with Crippen molar-refractivity contribution in [1.29, 1.82) is 0 Å². The van der Waals surface area contributed by atoms with Gasteiger partial charge in [-0.3, -0.25) is 0 Å². The van der Waals surface area contributed by atoms with Crippen molar-refractivity contribution < 1.29 is 0 Å². The zero-order valence-electron chi connectivity index (χ0n) is 11.8. The van der Waals surface area contributed by atoms with Crippen LogP contribution in [0, 0.1) is 0 Å². The average Bonchev–Trinajstić information content (AvgIpc) is 3.16. The number of benzene rings is 1. The first kappa shape index (κ1) is 12.9. The van der Waals surface area contributed by atoms with Crippen molar-refractivity contribution in [3.05, 3.63) is 46.7 Å². The van der Waals surface area contributed by atoms with Gasteiger partial charge in [-0.25, -0.2) is 5.43 Å². The van der Waals surface area contributed by atoms with Gasteiger partial charge in [0, 0.05) is 17.3 Å². The van der Waals surface area contributed by atoms with E-state index in [1.807, 2.05) is 53.4 Å². The first-order valence-corrected chi connectivity index (χ1v) is 7.61. The number of anilines is 1. The third-order valence-corrected chi connectivity index (χ3v) is 4.21. The minimum absolute atomic E-state index is 0.381. The van der Waals surface area contributed by atoms with E-state index in [1.54, 1.807) is 17.6 Å². The molecule has 0 atom stereocenters. The van der Waals surface area contributed by atoms with E-state index in [1.165, 1.54) is 0 Å². The van der Waals surface area contributed by atoms with Crippen molar-refractivity contribution in [3.63, 3.8) is 0 Å². The third kappa shape index (κ3) is 2.11. The Hall–Kier alpha value is -2.80. The molecule has 108 valence electrons. The molecule has 0 aliphatic rings. The molecule has 3 aromatic heterocycles. The summed E-state index contributed by atoms with van der Waals surface area (Å²) in [5, 5.41) is 15.6. The molecule has 0 unspecified atom stereocenters. The fourth-order valence-electron chi connectivity index (χ4n) is 2.37. The van der Waals surface area contributed by atoms with Gasteiger partial charge in [0.05, 0.1) is 11.7 Å². The molecule has 0 fully saturated rings. The molecule has 6 nitrogen and oxygen atoms in total. The first-order chi connectivity index (χ1) is 10.8. The van der Waals surface area contributed by atoms with Crippen LogP contribution in [0.15, 0.2) is 46.9 Å². The summed E-state index contributed by atoms with van der Waals surface area (Å²) in [4.78, 5) is 5.56. The summed E-state index contributed by atoms with van der Waals surface area (Å²) in [5.74, 6) is 0.381. The SMILES string of the molecule is Cn1c2ccccc2c2nnc(N/N=C/c3cccs3)nc21. The lowest BCUT2D eigenvalue weighted by molar-refractivity contribution is 0.949. The molecule has 0 bridgehead atoms. The van der Waals surface area contributed by atoms with Crippen molar-refractivity contribution in [3.8, 4) is 0 Å². The summed E-state index contributed by atoms with van der Waals surface area (Å²) in [6.07, 6.45) is 1.74. The largest absolute Gasteiger partial charge is 0.327 e. The van der Waals surface area contributed by atoms with Crippen LogP contribution in [0.2, 0.25) is 0 Å². The van der Waals surface area contributed by atoms with Crippen molar-refractivity contribution in [2.75, 3.05) is 5.43 Å². The Bertz CT molecular complexity index is 970. The van der Waals surface area contributed by atoms with Crippen LogP contribution in [0.25, 0.3) is 22.1 Å². The Labute approximate surface area is 130 Å². The highest BCUT2D eigenvalue weighted by Crippen LogP contribution is 2.24. The van der Waals surface area contributed by atoms with E-state index in [0.717, 1.165) is 26.9 Å². The maximum absolute atomic E-state index is 4.50. The molecule has 4 aromatic rings. The van der Waals surface area contributed by atoms with Gasteiger partial charge in [0.1, 0.15) is 5.52 Å². The Morgan fingerprint density at radius 2 is 2.09 bits per heavy atom. The average molecular weight is 308 g/mol. The molecule has 3 heterocycles. The van der Waals surface area contributed by atoms with Crippen LogP contribution < -0.4 is 5.43 Å². The smallest absolute Gasteiger partial charge is 0.265 e. The molecule has 4 rings (SSSR count). The zero-order chi connectivity index (χ0) is 14.9. The molecule has 0 aliphatic heterocycles. The predicted octanol–water partition coefficient (Wildman–Crippen LogP) is 3.02. The predicted molar refractivity (Wildman–Crippen MR) is 89.3 cm³/mol. The van der Waals surface area contributed by atoms with E-state index >= 15 is 0 Å². The normalized spacial score (nSPS) is 11.7. The second kappa shape index (κ2) is 5.19. The molecular weight excluding hydrogens is 296 g/mol. The third-order valence-electron chi connectivity index (χ3n) is 3.41. The van der Waals surface area contributed by atoms with Crippen LogP contribution in [-0.4, -0.2) is 26.0 Å². The Kier molecular flexibility index (Phi) is 3.05. The van der Waals surface area contributed by atoms with E-state index in [2.05, 4.69) is 25.7 Å². The summed E-state index contributed by atoms with van der Waals surface area (Å²) in [6.45, 7) is 0. The number of fused-ring (bicyclic) bond motifs is 3. The van der Waals surface area contributed by atoms with Gasteiger partial charge in [-0.2, -0.15) is 10.1 Å². The van der Waals surface area contributed by atoms with Crippen LogP contribution in [-0.2, 0) is 7.05 Å². The fraction of sp³-hybridized carbons (Fsp3) is 0.0667. The Morgan fingerprint density at radius 3 is 2.95 bits per heavy atom. The second-order valence-corrected chi connectivity index (χ2v) is 5.75. The quantitative estimate of drug-likeness (QED) is 0.466. The fourth-order valence-corrected chi connectivity index (χ4v) is 2.96. The number of rotatable bonds is 3. The number of hydrogen-bond donors (Lipinski definition) is 1. The summed E-state index contributed by atoms with van der Waals surface area (Å²) in [5.41, 5.74) is 5.49. The Morgan fingerprint density at radius 1 is 1.18 bits per heavy atom. The summed E-state index contributed by atoms with van der Waals surface area (Å²) in [6, 6.07) is 12.0. The molecule has 0 spiro atoms. The lowest BCUT2D eigenvalue weighted by Gasteiger charge is -1.99. The summed E-state index contributed by atoms with van der Waals surface area (Å²) < 4.78 is 2.01. The number of thiophene rings is 1. The van der Waals surface area contributed by atoms with E-state index < -0.39 is 0 Å². The van der Waals surface area contributed by atoms with E-state index in [0.29, 0.717) is 5.95 Å². The van der Waals surface area contributed by atoms with Gasteiger partial charge < -0.3 is 4.57 Å². The topological polar surface area (TPSA) is 68.0 Å². The van der Waals surface area contributed by atoms with Gasteiger partial charge in [-0.05, 0) is 17.5 Å². The molecule has 0 saturated heterocycles. The zero-order valence-corrected chi connectivity index (χ0v) is 12.6. The molecule has 0 saturated carbocycles. The molecule has 22 heavy (non-hydrogen) atoms. The van der Waals surface area contributed by atoms with Crippen LogP contribution in [0.5, 0.6) is 0 Å². The monoisotopic (exact) mass is 308 g/mol. The van der Waals surface area contributed by atoms with E-state index in [-0.39, 0.29) is 0 Å². The molecule has 0 amide bonds. The maximum Gasteiger partial charge on any atom is 0.265 e. The molecule has 0 radical (unpaired) electrons. The number of nitrogens with zero attached hydrogens (tertiary/aromatic N) is 5. The molecule has 1 aromatic carbocycles. The highest BCUT2D eigenvalue weighted by Gasteiger charge is 2.11. The number of hydrazone groups is 1. The van der Waals surface area contributed by atoms with E-state index in [9.17, 15) is 0 Å². The van der Waals surface area contributed by atoms with E-state index in [4.69, 9.17) is 0 Å². The molecule has 0 aliphatic carbocycles. The van der Waals surface area contributed by atoms with Crippen LogP contribution in [0.4, 0.5) is 5.95 Å². The minimum atomic E-state index is 0.381. The van der Waals surface area contributed by atoms with Gasteiger partial charge in [-0.1, -0.05) is 24.3 Å². The number of aromatic nitrogens is 4. The molecule has 1 N–H and O–H groups in total. The van der Waals surface area contributed by atoms with Gasteiger partial charge in [-0.15, -0.1) is 21.5 Å². The lowest BCUT2D eigenvalue weighted by Crippen LogP contribution is -2.00. The number of nitrogens with one attached hydrogen (secondary N) is 1. The highest BCUT2D eigenvalue weighted by molar-refractivity contribution is 7.11. The lowest BCUT2D eigenvalue weighted by atomic mass is 10.2. The second-order valence-electron chi connectivity index (χ2n) is 4.77. The summed E-state index contributed by atoms with van der Waals surface area (Å²) in [7, 11) is 1.97.